The largest absolute Gasteiger partial charge is 0.496 e. The first-order chi connectivity index (χ1) is 22.4. The number of thiazole rings is 1. The Bertz CT molecular complexity index is 1530. The van der Waals surface area contributed by atoms with Crippen molar-refractivity contribution < 1.29 is 19.1 Å². The molecule has 1 saturated heterocycles. The molecule has 0 bridgehead atoms. The van der Waals surface area contributed by atoms with Gasteiger partial charge in [-0.3, -0.25) is 9.59 Å². The van der Waals surface area contributed by atoms with Crippen LogP contribution in [0.2, 0.25) is 0 Å². The molecule has 1 aromatic heterocycles. The predicted octanol–water partition coefficient (Wildman–Crippen LogP) is 7.63. The molecule has 4 aliphatic rings. The fourth-order valence-corrected chi connectivity index (χ4v) is 8.68. The number of amides is 2. The van der Waals surface area contributed by atoms with Crippen LogP contribution in [0.25, 0.3) is 10.4 Å². The summed E-state index contributed by atoms with van der Waals surface area (Å²) in [7, 11) is 1.73. The predicted molar refractivity (Wildman–Crippen MR) is 183 cm³/mol. The molecule has 46 heavy (non-hydrogen) atoms. The number of nitrogens with one attached hydrogen (secondary N) is 1. The highest BCUT2D eigenvalue weighted by atomic mass is 32.1. The van der Waals surface area contributed by atoms with Crippen molar-refractivity contribution in [1.29, 1.82) is 0 Å². The first-order valence-electron chi connectivity index (χ1n) is 17.4. The topological polar surface area (TPSA) is 80.8 Å². The van der Waals surface area contributed by atoms with Crippen LogP contribution in [0.1, 0.15) is 92.2 Å². The third-order valence-corrected chi connectivity index (χ3v) is 12.0. The second-order valence-corrected chi connectivity index (χ2v) is 15.1. The average molecular weight is 642 g/mol. The normalized spacial score (nSPS) is 25.0. The summed E-state index contributed by atoms with van der Waals surface area (Å²) in [4.78, 5) is 34.9. The Morgan fingerprint density at radius 3 is 2.37 bits per heavy atom. The molecule has 244 valence electrons. The highest BCUT2D eigenvalue weighted by molar-refractivity contribution is 7.15. The van der Waals surface area contributed by atoms with E-state index in [2.05, 4.69) is 59.6 Å². The third-order valence-electron chi connectivity index (χ3n) is 10.8. The van der Waals surface area contributed by atoms with Gasteiger partial charge in [0.25, 0.3) is 0 Å². The first-order valence-corrected chi connectivity index (χ1v) is 18.2. The van der Waals surface area contributed by atoms with Crippen LogP contribution in [0.15, 0.2) is 48.7 Å². The number of hydrogen-bond acceptors (Lipinski definition) is 6. The number of ether oxygens (including phenoxy) is 2. The number of aryl methyl sites for hydroxylation is 1. The molecule has 8 heteroatoms. The molecule has 0 spiro atoms. The van der Waals surface area contributed by atoms with Gasteiger partial charge in [-0.05, 0) is 118 Å². The molecule has 7 nitrogen and oxygen atoms in total. The van der Waals surface area contributed by atoms with E-state index in [4.69, 9.17) is 14.5 Å². The maximum absolute atomic E-state index is 14.4. The van der Waals surface area contributed by atoms with Gasteiger partial charge in [0.05, 0.1) is 36.1 Å². The summed E-state index contributed by atoms with van der Waals surface area (Å²) in [6.07, 6.45) is 12.3. The Labute approximate surface area is 277 Å². The van der Waals surface area contributed by atoms with Gasteiger partial charge >= 0.3 is 0 Å². The van der Waals surface area contributed by atoms with E-state index >= 15 is 0 Å². The highest BCUT2D eigenvalue weighted by Gasteiger charge is 2.35. The maximum Gasteiger partial charge on any atom is 0.230 e. The molecule has 3 saturated carbocycles. The molecule has 2 aromatic carbocycles. The Balaban J connectivity index is 1.05. The smallest absolute Gasteiger partial charge is 0.230 e. The number of aromatic nitrogens is 1. The van der Waals surface area contributed by atoms with Crippen LogP contribution in [0.5, 0.6) is 5.75 Å². The number of rotatable bonds is 10. The van der Waals surface area contributed by atoms with Gasteiger partial charge in [0.15, 0.2) is 0 Å². The summed E-state index contributed by atoms with van der Waals surface area (Å²) in [6.45, 7) is 3.93. The Hall–Kier alpha value is -3.23. The molecule has 2 amide bonds. The lowest BCUT2D eigenvalue weighted by Gasteiger charge is -2.37. The van der Waals surface area contributed by atoms with E-state index in [1.165, 1.54) is 33.9 Å². The zero-order chi connectivity index (χ0) is 31.6. The standard InChI is InChI=1S/C38H47N3O4S/c1-24-18-29(14-17-34(24)44-2)26-8-6-25(7-9-26)21-41(33-5-3-4-30(19-33)35-20-39-37(46-35)27-10-11-27)38(43)28-12-15-32(16-13-28)40-36(42)31-22-45-23-31/h3-5,14,17-20,25-28,31-32H,6-13,15-16,21-23H2,1-2H3,(H,40,42)/t25-,26-,28-,32-. The van der Waals surface area contributed by atoms with Crippen LogP contribution in [0, 0.1) is 24.7 Å². The van der Waals surface area contributed by atoms with E-state index in [-0.39, 0.29) is 29.7 Å². The molecule has 1 aliphatic heterocycles. The number of hydrogen-bond donors (Lipinski definition) is 1. The molecule has 4 fully saturated rings. The number of carbonyl (C=O) groups is 2. The van der Waals surface area contributed by atoms with Crippen molar-refractivity contribution in [2.45, 2.75) is 89.0 Å². The minimum Gasteiger partial charge on any atom is -0.496 e. The fourth-order valence-electron chi connectivity index (χ4n) is 7.59. The van der Waals surface area contributed by atoms with Crippen LogP contribution in [-0.4, -0.2) is 49.7 Å². The Kier molecular flexibility index (Phi) is 9.45. The van der Waals surface area contributed by atoms with Crippen LogP contribution in [-0.2, 0) is 14.3 Å². The van der Waals surface area contributed by atoms with Crippen molar-refractivity contribution in [2.75, 3.05) is 31.8 Å². The summed E-state index contributed by atoms with van der Waals surface area (Å²) in [5.41, 5.74) is 4.73. The van der Waals surface area contributed by atoms with Crippen molar-refractivity contribution in [2.24, 2.45) is 17.8 Å². The zero-order valence-corrected chi connectivity index (χ0v) is 28.0. The van der Waals surface area contributed by atoms with Crippen molar-refractivity contribution in [3.05, 3.63) is 64.8 Å². The van der Waals surface area contributed by atoms with Gasteiger partial charge in [-0.25, -0.2) is 4.98 Å². The molecule has 7 rings (SSSR count). The van der Waals surface area contributed by atoms with Gasteiger partial charge in [-0.15, -0.1) is 11.3 Å². The van der Waals surface area contributed by atoms with Gasteiger partial charge in [-0.2, -0.15) is 0 Å². The van der Waals surface area contributed by atoms with Crippen molar-refractivity contribution in [3.8, 4) is 16.2 Å². The maximum atomic E-state index is 14.4. The number of benzene rings is 2. The van der Waals surface area contributed by atoms with Gasteiger partial charge in [-0.1, -0.05) is 24.3 Å². The Morgan fingerprint density at radius 2 is 1.70 bits per heavy atom. The Morgan fingerprint density at radius 1 is 0.935 bits per heavy atom. The van der Waals surface area contributed by atoms with E-state index in [1.807, 2.05) is 6.20 Å². The molecule has 0 radical (unpaired) electrons. The third kappa shape index (κ3) is 7.03. The monoisotopic (exact) mass is 641 g/mol. The van der Waals surface area contributed by atoms with E-state index < -0.39 is 0 Å². The summed E-state index contributed by atoms with van der Waals surface area (Å²) in [5.74, 6) is 2.92. The van der Waals surface area contributed by atoms with E-state index in [1.54, 1.807) is 18.4 Å². The lowest BCUT2D eigenvalue weighted by molar-refractivity contribution is -0.139. The molecular weight excluding hydrogens is 595 g/mol. The number of methoxy groups -OCH3 is 1. The SMILES string of the molecule is COc1ccc([C@H]2CC[C@H](CN(c3cccc(-c4cnc(C5CC5)s4)c3)C(=O)[C@H]3CC[C@H](NC(=O)C4COC4)CC3)CC2)cc1C. The quantitative estimate of drug-likeness (QED) is 0.246. The summed E-state index contributed by atoms with van der Waals surface area (Å²) in [6, 6.07) is 15.3. The lowest BCUT2D eigenvalue weighted by Crippen LogP contribution is -2.48. The van der Waals surface area contributed by atoms with Gasteiger partial charge < -0.3 is 19.7 Å². The number of anilines is 1. The van der Waals surface area contributed by atoms with Crippen molar-refractivity contribution >= 4 is 28.8 Å². The molecule has 0 atom stereocenters. The average Bonchev–Trinajstić information content (AvgIpc) is 3.79. The van der Waals surface area contributed by atoms with Crippen molar-refractivity contribution in [1.82, 2.24) is 10.3 Å². The van der Waals surface area contributed by atoms with Crippen LogP contribution < -0.4 is 15.0 Å². The molecule has 0 unspecified atom stereocenters. The first kappa shape index (κ1) is 31.4. The van der Waals surface area contributed by atoms with Crippen LogP contribution in [0.4, 0.5) is 5.69 Å². The number of carbonyl (C=O) groups excluding carboxylic acids is 2. The van der Waals surface area contributed by atoms with E-state index in [0.29, 0.717) is 31.0 Å². The molecule has 3 aliphatic carbocycles. The molecule has 2 heterocycles. The molecule has 1 N–H and O–H groups in total. The zero-order valence-electron chi connectivity index (χ0n) is 27.2. The second kappa shape index (κ2) is 13.9. The van der Waals surface area contributed by atoms with Crippen LogP contribution >= 0.6 is 11.3 Å². The molecule has 3 aromatic rings. The van der Waals surface area contributed by atoms with E-state index in [9.17, 15) is 9.59 Å². The number of nitrogens with zero attached hydrogens (tertiary/aromatic N) is 2. The second-order valence-electron chi connectivity index (χ2n) is 14.1. The highest BCUT2D eigenvalue weighted by Crippen LogP contribution is 2.44. The van der Waals surface area contributed by atoms with Gasteiger partial charge in [0.2, 0.25) is 11.8 Å². The minimum absolute atomic E-state index is 0.00939. The van der Waals surface area contributed by atoms with E-state index in [0.717, 1.165) is 74.9 Å². The van der Waals surface area contributed by atoms with Gasteiger partial charge in [0, 0.05) is 36.3 Å². The molecular formula is C38H47N3O4S. The fraction of sp³-hybridized carbons (Fsp3) is 0.553. The van der Waals surface area contributed by atoms with Gasteiger partial charge in [0.1, 0.15) is 5.75 Å². The van der Waals surface area contributed by atoms with Crippen LogP contribution in [0.3, 0.4) is 0 Å². The minimum atomic E-state index is -0.0210. The summed E-state index contributed by atoms with van der Waals surface area (Å²) in [5, 5.41) is 4.46. The lowest BCUT2D eigenvalue weighted by atomic mass is 9.78. The summed E-state index contributed by atoms with van der Waals surface area (Å²) < 4.78 is 10.7. The van der Waals surface area contributed by atoms with Crippen molar-refractivity contribution in [3.63, 3.8) is 0 Å². The summed E-state index contributed by atoms with van der Waals surface area (Å²) >= 11 is 1.80.